The molecule has 0 aliphatic heterocycles. The first-order chi connectivity index (χ1) is 14.4. The van der Waals surface area contributed by atoms with Gasteiger partial charge in [0.1, 0.15) is 5.25 Å². The lowest BCUT2D eigenvalue weighted by atomic mass is 10.1. The molecule has 0 aliphatic carbocycles. The Morgan fingerprint density at radius 3 is 2.67 bits per heavy atom. The van der Waals surface area contributed by atoms with E-state index in [2.05, 4.69) is 20.2 Å². The molecule has 0 bridgehead atoms. The predicted octanol–water partition coefficient (Wildman–Crippen LogP) is 3.25. The largest absolute Gasteiger partial charge is 0.611 e. The number of ether oxygens (including phenoxy) is 1. The number of nitrogens with zero attached hydrogens (tertiary/aromatic N) is 4. The summed E-state index contributed by atoms with van der Waals surface area (Å²) in [7, 11) is 0. The Labute approximate surface area is 177 Å². The van der Waals surface area contributed by atoms with Gasteiger partial charge in [-0.15, -0.1) is 10.2 Å². The maximum Gasteiger partial charge on any atom is 0.396 e. The number of nitrogens with two attached hydrogens (primary N) is 1. The summed E-state index contributed by atoms with van der Waals surface area (Å²) in [4.78, 5) is 21.3. The van der Waals surface area contributed by atoms with Crippen LogP contribution in [0.15, 0.2) is 39.8 Å². The van der Waals surface area contributed by atoms with Gasteiger partial charge in [0, 0.05) is 5.56 Å². The molecular formula is C20H23N5O4S. The summed E-state index contributed by atoms with van der Waals surface area (Å²) in [5.74, 6) is -0.903. The summed E-state index contributed by atoms with van der Waals surface area (Å²) in [5.41, 5.74) is 7.37. The Morgan fingerprint density at radius 2 is 2.00 bits per heavy atom. The van der Waals surface area contributed by atoms with Crippen LogP contribution in [0.2, 0.25) is 0 Å². The van der Waals surface area contributed by atoms with Gasteiger partial charge in [-0.25, -0.2) is 14.8 Å². The number of nitrogen functional groups attached to an aromatic ring is 1. The molecule has 1 aromatic carbocycles. The molecule has 10 heteroatoms. The third kappa shape index (κ3) is 4.95. The van der Waals surface area contributed by atoms with Crippen molar-refractivity contribution in [1.29, 1.82) is 0 Å². The summed E-state index contributed by atoms with van der Waals surface area (Å²) >= 11 is -1.08. The standard InChI is InChI=1S/C20H23N5O4S/c1-4-5-10-28-20(26)19-25-24-18(29-19)16-17(21)22-11-15(23-16)13-6-8-14(9-7-13)30(27)12(2)3/h6-9,11-12H,4-5,10H2,1-3H3,(H2,21,22). The Hall–Kier alpha value is -2.98. The number of rotatable bonds is 8. The Morgan fingerprint density at radius 1 is 1.27 bits per heavy atom. The van der Waals surface area contributed by atoms with Crippen LogP contribution in [-0.4, -0.2) is 42.5 Å². The van der Waals surface area contributed by atoms with Gasteiger partial charge in [0.15, 0.2) is 16.4 Å². The number of hydrogen-bond acceptors (Lipinski definition) is 9. The van der Waals surface area contributed by atoms with Crippen molar-refractivity contribution >= 4 is 23.0 Å². The smallest absolute Gasteiger partial charge is 0.396 e. The fourth-order valence-corrected chi connectivity index (χ4v) is 3.45. The van der Waals surface area contributed by atoms with E-state index < -0.39 is 17.1 Å². The van der Waals surface area contributed by atoms with Crippen molar-refractivity contribution in [3.8, 4) is 22.8 Å². The molecule has 1 atom stereocenters. The Kier molecular flexibility index (Phi) is 7.01. The fraction of sp³-hybridized carbons (Fsp3) is 0.350. The van der Waals surface area contributed by atoms with Gasteiger partial charge in [-0.1, -0.05) is 13.3 Å². The first-order valence-corrected chi connectivity index (χ1v) is 10.8. The van der Waals surface area contributed by atoms with Crippen molar-refractivity contribution in [1.82, 2.24) is 20.2 Å². The summed E-state index contributed by atoms with van der Waals surface area (Å²) < 4.78 is 22.7. The minimum atomic E-state index is -1.08. The minimum Gasteiger partial charge on any atom is -0.611 e. The molecule has 2 N–H and O–H groups in total. The van der Waals surface area contributed by atoms with Crippen LogP contribution < -0.4 is 5.73 Å². The fourth-order valence-electron chi connectivity index (χ4n) is 2.50. The molecule has 0 saturated carbocycles. The average molecular weight is 430 g/mol. The highest BCUT2D eigenvalue weighted by molar-refractivity contribution is 7.92. The minimum absolute atomic E-state index is 0.0261. The van der Waals surface area contributed by atoms with E-state index in [1.165, 1.54) is 6.20 Å². The van der Waals surface area contributed by atoms with Gasteiger partial charge < -0.3 is 19.4 Å². The summed E-state index contributed by atoms with van der Waals surface area (Å²) in [6, 6.07) is 7.20. The zero-order chi connectivity index (χ0) is 21.7. The number of esters is 1. The lowest BCUT2D eigenvalue weighted by molar-refractivity contribution is 0.0455. The molecule has 30 heavy (non-hydrogen) atoms. The van der Waals surface area contributed by atoms with Gasteiger partial charge in [-0.2, -0.15) is 0 Å². The van der Waals surface area contributed by atoms with Crippen molar-refractivity contribution in [2.45, 2.75) is 43.8 Å². The number of anilines is 1. The molecule has 0 fully saturated rings. The normalized spacial score (nSPS) is 12.2. The maximum absolute atomic E-state index is 12.2. The number of benzene rings is 1. The number of carbonyl (C=O) groups is 1. The zero-order valence-electron chi connectivity index (χ0n) is 17.0. The van der Waals surface area contributed by atoms with Gasteiger partial charge in [0.2, 0.25) is 0 Å². The molecule has 0 aliphatic rings. The monoisotopic (exact) mass is 429 g/mol. The van der Waals surface area contributed by atoms with E-state index in [1.54, 1.807) is 12.1 Å². The highest BCUT2D eigenvalue weighted by Crippen LogP contribution is 2.26. The molecule has 1 unspecified atom stereocenters. The van der Waals surface area contributed by atoms with Crippen molar-refractivity contribution in [2.24, 2.45) is 0 Å². The first-order valence-electron chi connectivity index (χ1n) is 9.55. The quantitative estimate of drug-likeness (QED) is 0.324. The number of aromatic nitrogens is 4. The molecule has 0 radical (unpaired) electrons. The van der Waals surface area contributed by atoms with Gasteiger partial charge in [-0.05, 0) is 55.7 Å². The van der Waals surface area contributed by atoms with Crippen LogP contribution >= 0.6 is 0 Å². The topological polar surface area (TPSA) is 140 Å². The number of unbranched alkanes of at least 4 members (excludes halogenated alkanes) is 1. The number of carbonyl (C=O) groups excluding carboxylic acids is 1. The second-order valence-electron chi connectivity index (χ2n) is 6.76. The van der Waals surface area contributed by atoms with Gasteiger partial charge in [0.05, 0.1) is 18.5 Å². The van der Waals surface area contributed by atoms with Crippen molar-refractivity contribution in [2.75, 3.05) is 12.3 Å². The van der Waals surface area contributed by atoms with E-state index in [0.29, 0.717) is 5.69 Å². The molecule has 3 rings (SSSR count). The van der Waals surface area contributed by atoms with E-state index >= 15 is 0 Å². The average Bonchev–Trinajstić information content (AvgIpc) is 3.24. The van der Waals surface area contributed by atoms with Crippen LogP contribution in [0, 0.1) is 0 Å². The second kappa shape index (κ2) is 9.68. The van der Waals surface area contributed by atoms with Crippen molar-refractivity contribution < 1.29 is 18.5 Å². The highest BCUT2D eigenvalue weighted by Gasteiger charge is 2.21. The van der Waals surface area contributed by atoms with Crippen molar-refractivity contribution in [3.05, 3.63) is 36.4 Å². The zero-order valence-corrected chi connectivity index (χ0v) is 17.8. The Balaban J connectivity index is 1.83. The summed E-state index contributed by atoms with van der Waals surface area (Å²) in [6.45, 7) is 6.08. The molecule has 3 aromatic rings. The second-order valence-corrected chi connectivity index (χ2v) is 8.77. The molecule has 9 nitrogen and oxygen atoms in total. The van der Waals surface area contributed by atoms with Crippen LogP contribution in [-0.2, 0) is 15.9 Å². The molecular weight excluding hydrogens is 406 g/mol. The molecule has 0 spiro atoms. The Bertz CT molecular complexity index is 1010. The van der Waals surface area contributed by atoms with Crippen LogP contribution in [0.5, 0.6) is 0 Å². The third-order valence-electron chi connectivity index (χ3n) is 4.14. The number of hydrogen-bond donors (Lipinski definition) is 1. The highest BCUT2D eigenvalue weighted by atomic mass is 32.2. The predicted molar refractivity (Wildman–Crippen MR) is 112 cm³/mol. The lowest BCUT2D eigenvalue weighted by Crippen LogP contribution is -2.13. The SMILES string of the molecule is CCCCOC(=O)c1nnc(-c2nc(-c3ccc([S+]([O-])C(C)C)cc3)cnc2N)o1. The van der Waals surface area contributed by atoms with Crippen LogP contribution in [0.3, 0.4) is 0 Å². The van der Waals surface area contributed by atoms with E-state index in [4.69, 9.17) is 14.9 Å². The van der Waals surface area contributed by atoms with Gasteiger partial charge >= 0.3 is 11.9 Å². The van der Waals surface area contributed by atoms with Crippen molar-refractivity contribution in [3.63, 3.8) is 0 Å². The van der Waals surface area contributed by atoms with Gasteiger partial charge in [0.25, 0.3) is 5.89 Å². The summed E-state index contributed by atoms with van der Waals surface area (Å²) in [5, 5.41) is 7.59. The molecule has 0 saturated heterocycles. The van der Waals surface area contributed by atoms with Crippen LogP contribution in [0.1, 0.15) is 44.3 Å². The van der Waals surface area contributed by atoms with E-state index in [0.717, 1.165) is 23.3 Å². The van der Waals surface area contributed by atoms with Gasteiger partial charge in [-0.3, -0.25) is 0 Å². The van der Waals surface area contributed by atoms with E-state index in [-0.39, 0.29) is 35.2 Å². The molecule has 2 aromatic heterocycles. The maximum atomic E-state index is 12.2. The first kappa shape index (κ1) is 21.7. The third-order valence-corrected chi connectivity index (χ3v) is 5.74. The van der Waals surface area contributed by atoms with E-state index in [1.807, 2.05) is 32.9 Å². The molecule has 158 valence electrons. The summed E-state index contributed by atoms with van der Waals surface area (Å²) in [6.07, 6.45) is 3.16. The van der Waals surface area contributed by atoms with Crippen LogP contribution in [0.25, 0.3) is 22.8 Å². The van der Waals surface area contributed by atoms with E-state index in [9.17, 15) is 9.35 Å². The van der Waals surface area contributed by atoms with Crippen LogP contribution in [0.4, 0.5) is 5.82 Å². The molecule has 0 amide bonds. The molecule has 2 heterocycles. The lowest BCUT2D eigenvalue weighted by Gasteiger charge is -2.14.